The second-order valence-electron chi connectivity index (χ2n) is 10.3. The van der Waals surface area contributed by atoms with Crippen LogP contribution in [0, 0.1) is 5.92 Å². The van der Waals surface area contributed by atoms with E-state index in [1.807, 2.05) is 6.92 Å². The number of fused-ring (bicyclic) bond motifs is 1. The molecule has 38 heavy (non-hydrogen) atoms. The number of carbonyl (C=O) groups excluding carboxylic acids is 3. The first-order valence-corrected chi connectivity index (χ1v) is 13.4. The number of amides is 1. The molecular weight excluding hydrogens is 504 g/mol. The molecule has 5 N–H and O–H groups in total. The lowest BCUT2D eigenvalue weighted by atomic mass is 9.84. The summed E-state index contributed by atoms with van der Waals surface area (Å²) in [5.74, 6) is -3.32. The minimum absolute atomic E-state index is 0.0466. The van der Waals surface area contributed by atoms with Gasteiger partial charge in [0, 0.05) is 6.04 Å². The fourth-order valence-corrected chi connectivity index (χ4v) is 5.73. The Morgan fingerprint density at radius 2 is 1.74 bits per heavy atom. The maximum atomic E-state index is 13.7. The molecule has 13 nitrogen and oxygen atoms in total. The molecule has 0 aromatic rings. The molecule has 3 aliphatic rings. The van der Waals surface area contributed by atoms with E-state index in [2.05, 4.69) is 5.32 Å². The number of ether oxygens (including phenoxy) is 3. The number of esters is 2. The van der Waals surface area contributed by atoms with Crippen LogP contribution in [0.1, 0.15) is 65.7 Å². The van der Waals surface area contributed by atoms with Crippen molar-refractivity contribution in [2.24, 2.45) is 5.92 Å². The largest absolute Gasteiger partial charge is 0.479 e. The maximum absolute atomic E-state index is 13.7. The van der Waals surface area contributed by atoms with Crippen LogP contribution >= 0.6 is 0 Å². The summed E-state index contributed by atoms with van der Waals surface area (Å²) in [6.07, 6.45) is -4.71. The maximum Gasteiger partial charge on any atom is 0.335 e. The molecule has 2 aliphatic heterocycles. The van der Waals surface area contributed by atoms with Crippen LogP contribution in [0.25, 0.3) is 0 Å². The molecule has 0 spiro atoms. The van der Waals surface area contributed by atoms with Gasteiger partial charge in [-0.25, -0.2) is 9.59 Å². The molecule has 3 fully saturated rings. The van der Waals surface area contributed by atoms with Crippen LogP contribution in [-0.2, 0) is 33.4 Å². The second-order valence-corrected chi connectivity index (χ2v) is 10.3. The van der Waals surface area contributed by atoms with Gasteiger partial charge >= 0.3 is 17.9 Å². The van der Waals surface area contributed by atoms with Crippen molar-refractivity contribution in [3.63, 3.8) is 0 Å². The number of aliphatic carboxylic acids is 1. The molecule has 3 rings (SSSR count). The lowest BCUT2D eigenvalue weighted by Crippen LogP contribution is -2.61. The third kappa shape index (κ3) is 6.45. The van der Waals surface area contributed by atoms with E-state index in [0.29, 0.717) is 25.7 Å². The first-order valence-electron chi connectivity index (χ1n) is 13.4. The summed E-state index contributed by atoms with van der Waals surface area (Å²) < 4.78 is 15.5. The van der Waals surface area contributed by atoms with Crippen molar-refractivity contribution >= 4 is 23.8 Å². The fraction of sp³-hybridized carbons (Fsp3) is 0.840. The molecule has 0 radical (unpaired) electrons. The van der Waals surface area contributed by atoms with Gasteiger partial charge in [-0.15, -0.1) is 0 Å². The Balaban J connectivity index is 1.78. The van der Waals surface area contributed by atoms with E-state index in [-0.39, 0.29) is 18.6 Å². The van der Waals surface area contributed by atoms with Gasteiger partial charge in [-0.1, -0.05) is 26.2 Å². The molecule has 1 amide bonds. The van der Waals surface area contributed by atoms with Gasteiger partial charge in [0.25, 0.3) is 0 Å². The summed E-state index contributed by atoms with van der Waals surface area (Å²) in [5.41, 5.74) is 0. The molecule has 2 unspecified atom stereocenters. The monoisotopic (exact) mass is 544 g/mol. The molecule has 1 saturated carbocycles. The van der Waals surface area contributed by atoms with E-state index >= 15 is 0 Å². The van der Waals surface area contributed by atoms with E-state index in [9.17, 15) is 39.6 Å². The molecule has 2 heterocycles. The Kier molecular flexibility index (Phi) is 10.5. The van der Waals surface area contributed by atoms with Crippen molar-refractivity contribution in [3.8, 4) is 0 Å². The smallest absolute Gasteiger partial charge is 0.335 e. The average molecular weight is 545 g/mol. The fourth-order valence-electron chi connectivity index (χ4n) is 5.73. The van der Waals surface area contributed by atoms with Gasteiger partial charge in [-0.05, 0) is 45.4 Å². The summed E-state index contributed by atoms with van der Waals surface area (Å²) in [6.45, 7) is 5.43. The first-order chi connectivity index (χ1) is 18.0. The van der Waals surface area contributed by atoms with Crippen molar-refractivity contribution in [3.05, 3.63) is 0 Å². The number of rotatable bonds is 10. The molecule has 10 atom stereocenters. The predicted octanol–water partition coefficient (Wildman–Crippen LogP) is -0.709. The van der Waals surface area contributed by atoms with Crippen LogP contribution in [0.5, 0.6) is 0 Å². The quantitative estimate of drug-likeness (QED) is 0.217. The number of nitrogens with zero attached hydrogens (tertiary/aromatic N) is 1. The van der Waals surface area contributed by atoms with Crippen molar-refractivity contribution in [2.75, 3.05) is 6.61 Å². The van der Waals surface area contributed by atoms with Crippen LogP contribution in [0.15, 0.2) is 0 Å². The summed E-state index contributed by atoms with van der Waals surface area (Å²) in [4.78, 5) is 52.3. The summed E-state index contributed by atoms with van der Waals surface area (Å²) in [6, 6.07) is -2.77. The highest BCUT2D eigenvalue weighted by molar-refractivity contribution is 5.89. The zero-order valence-corrected chi connectivity index (χ0v) is 22.0. The molecule has 0 bridgehead atoms. The van der Waals surface area contributed by atoms with Gasteiger partial charge < -0.3 is 39.5 Å². The number of aliphatic hydroxyl groups excluding tert-OH is 3. The van der Waals surface area contributed by atoms with Crippen molar-refractivity contribution in [1.82, 2.24) is 10.2 Å². The lowest BCUT2D eigenvalue weighted by Gasteiger charge is -2.39. The van der Waals surface area contributed by atoms with Crippen LogP contribution in [-0.4, -0.2) is 111 Å². The number of hydrogen-bond acceptors (Lipinski definition) is 11. The number of carbonyl (C=O) groups is 4. The second kappa shape index (κ2) is 13.2. The number of likely N-dealkylation sites (tertiary alicyclic amines) is 1. The van der Waals surface area contributed by atoms with Crippen molar-refractivity contribution in [1.29, 1.82) is 0 Å². The molecule has 2 saturated heterocycles. The first kappa shape index (κ1) is 30.2. The van der Waals surface area contributed by atoms with Gasteiger partial charge in [-0.2, -0.15) is 0 Å². The Labute approximate surface area is 221 Å². The van der Waals surface area contributed by atoms with Gasteiger partial charge in [0.05, 0.1) is 12.6 Å². The molecule has 1 aliphatic carbocycles. The Morgan fingerprint density at radius 3 is 2.37 bits per heavy atom. The van der Waals surface area contributed by atoms with Crippen LogP contribution < -0.4 is 5.32 Å². The highest BCUT2D eigenvalue weighted by Crippen LogP contribution is 2.41. The predicted molar refractivity (Wildman–Crippen MR) is 129 cm³/mol. The highest BCUT2D eigenvalue weighted by Gasteiger charge is 2.52. The van der Waals surface area contributed by atoms with Gasteiger partial charge in [0.15, 0.2) is 6.10 Å². The molecule has 216 valence electrons. The standard InChI is InChI=1S/C25H40N2O11/c1-4-8-14(23(34)36-5-2)26-12(3)21(31)27-15-10-7-6-9-13(15)11-16(27)24(35)38-25-19(30)17(28)18(29)20(37-25)22(32)33/h12-20,25-26,28-30H,4-11H2,1-3H3,(H,32,33)/t12-,13+,14-,15+,16+,17+,18-,19?,20?,25+/m0/s1. The Hall–Kier alpha value is -2.32. The van der Waals surface area contributed by atoms with Crippen molar-refractivity contribution in [2.45, 2.75) is 121 Å². The topological polar surface area (TPSA) is 192 Å². The van der Waals surface area contributed by atoms with E-state index < -0.39 is 72.6 Å². The summed E-state index contributed by atoms with van der Waals surface area (Å²) in [7, 11) is 0. The zero-order valence-electron chi connectivity index (χ0n) is 22.0. The lowest BCUT2D eigenvalue weighted by molar-refractivity contribution is -0.287. The SMILES string of the molecule is CCC[C@H](N[C@@H](C)C(=O)N1[C@@H](C(=O)O[C@H]2OC(C(=O)O)[C@@H](O)[C@@H](O)C2O)C[C@H]2CCCC[C@H]21)C(=O)OCC. The number of aliphatic hydroxyl groups is 3. The van der Waals surface area contributed by atoms with Crippen LogP contribution in [0.2, 0.25) is 0 Å². The minimum atomic E-state index is -1.92. The normalized spacial score (nSPS) is 34.6. The van der Waals surface area contributed by atoms with E-state index in [1.54, 1.807) is 13.8 Å². The number of hydrogen-bond donors (Lipinski definition) is 5. The molecular formula is C25H40N2O11. The summed E-state index contributed by atoms with van der Waals surface area (Å²) >= 11 is 0. The third-order valence-corrected chi connectivity index (χ3v) is 7.63. The molecule has 13 heteroatoms. The van der Waals surface area contributed by atoms with Crippen LogP contribution in [0.4, 0.5) is 0 Å². The van der Waals surface area contributed by atoms with E-state index in [0.717, 1.165) is 19.3 Å². The number of carboxylic acids is 1. The number of carboxylic acid groups (broad SMARTS) is 1. The van der Waals surface area contributed by atoms with E-state index in [4.69, 9.17) is 14.2 Å². The van der Waals surface area contributed by atoms with Crippen LogP contribution in [0.3, 0.4) is 0 Å². The van der Waals surface area contributed by atoms with Gasteiger partial charge in [-0.3, -0.25) is 14.9 Å². The van der Waals surface area contributed by atoms with E-state index in [1.165, 1.54) is 4.90 Å². The zero-order chi connectivity index (χ0) is 28.1. The molecule has 0 aromatic carbocycles. The Bertz CT molecular complexity index is 870. The van der Waals surface area contributed by atoms with Crippen molar-refractivity contribution < 1.29 is 53.8 Å². The summed E-state index contributed by atoms with van der Waals surface area (Å²) in [5, 5.41) is 42.5. The third-order valence-electron chi connectivity index (χ3n) is 7.63. The number of nitrogens with one attached hydrogen (secondary N) is 1. The van der Waals surface area contributed by atoms with Gasteiger partial charge in [0.2, 0.25) is 12.2 Å². The Morgan fingerprint density at radius 1 is 1.05 bits per heavy atom. The molecule has 0 aromatic heterocycles. The van der Waals surface area contributed by atoms with Gasteiger partial charge in [0.1, 0.15) is 30.4 Å². The highest BCUT2D eigenvalue weighted by atomic mass is 16.7. The minimum Gasteiger partial charge on any atom is -0.479 e. The average Bonchev–Trinajstić information content (AvgIpc) is 3.27.